The molecule has 0 aliphatic heterocycles. The number of hydrogen-bond acceptors (Lipinski definition) is 1. The monoisotopic (exact) mass is 366 g/mol. The molecule has 0 bridgehead atoms. The number of rotatable bonds is 3. The van der Waals surface area contributed by atoms with Gasteiger partial charge in [-0.25, -0.2) is 9.37 Å². The number of halogens is 3. The second kappa shape index (κ2) is 5.78. The maximum Gasteiger partial charge on any atom is 0.129 e. The summed E-state index contributed by atoms with van der Waals surface area (Å²) in [5, 5.41) is 0. The number of fused-ring (bicyclic) bond motifs is 1. The van der Waals surface area contributed by atoms with Crippen LogP contribution in [-0.4, -0.2) is 9.55 Å². The Balaban J connectivity index is 2.33. The number of nitrogens with zero attached hydrogens (tertiary/aromatic N) is 2. The van der Waals surface area contributed by atoms with E-state index >= 15 is 0 Å². The highest BCUT2D eigenvalue weighted by atomic mass is 79.9. The molecular formula is C16H13BrClFN2. The molecule has 2 nitrogen and oxygen atoms in total. The van der Waals surface area contributed by atoms with Crippen LogP contribution in [0.15, 0.2) is 40.9 Å². The molecule has 3 rings (SSSR count). The van der Waals surface area contributed by atoms with Gasteiger partial charge in [-0.1, -0.05) is 22.9 Å². The standard InChI is InChI=1S/C16H13BrClFN2/c1-2-10-7-11(17)3-5-14(10)21-15-6-4-12(19)8-13(15)20-16(21)9-18/h3-8H,2,9H2,1H3. The average molecular weight is 368 g/mol. The van der Waals surface area contributed by atoms with Crippen LogP contribution in [0.25, 0.3) is 16.7 Å². The van der Waals surface area contributed by atoms with Crippen molar-refractivity contribution in [2.75, 3.05) is 0 Å². The van der Waals surface area contributed by atoms with E-state index in [1.54, 1.807) is 6.07 Å². The first-order valence-corrected chi connectivity index (χ1v) is 7.98. The molecule has 21 heavy (non-hydrogen) atoms. The molecule has 0 saturated carbocycles. The van der Waals surface area contributed by atoms with Crippen LogP contribution in [0.4, 0.5) is 4.39 Å². The van der Waals surface area contributed by atoms with Gasteiger partial charge < -0.3 is 0 Å². The van der Waals surface area contributed by atoms with Crippen LogP contribution in [0.5, 0.6) is 0 Å². The van der Waals surface area contributed by atoms with E-state index in [0.29, 0.717) is 11.3 Å². The fourth-order valence-corrected chi connectivity index (χ4v) is 3.10. The largest absolute Gasteiger partial charge is 0.295 e. The van der Waals surface area contributed by atoms with Gasteiger partial charge in [0.25, 0.3) is 0 Å². The Labute approximate surface area is 135 Å². The molecule has 0 unspecified atom stereocenters. The van der Waals surface area contributed by atoms with Gasteiger partial charge in [0.15, 0.2) is 0 Å². The summed E-state index contributed by atoms with van der Waals surface area (Å²) in [6.07, 6.45) is 0.886. The predicted octanol–water partition coefficient (Wildman–Crippen LogP) is 5.23. The van der Waals surface area contributed by atoms with Gasteiger partial charge in [0.2, 0.25) is 0 Å². The van der Waals surface area contributed by atoms with Gasteiger partial charge >= 0.3 is 0 Å². The SMILES string of the molecule is CCc1cc(Br)ccc1-n1c(CCl)nc2cc(F)ccc21. The molecule has 0 spiro atoms. The van der Waals surface area contributed by atoms with E-state index in [1.807, 2.05) is 16.7 Å². The minimum atomic E-state index is -0.292. The molecule has 108 valence electrons. The lowest BCUT2D eigenvalue weighted by Gasteiger charge is -2.13. The first kappa shape index (κ1) is 14.5. The van der Waals surface area contributed by atoms with Crippen LogP contribution in [0.3, 0.4) is 0 Å². The Kier molecular flexibility index (Phi) is 4.00. The van der Waals surface area contributed by atoms with E-state index in [-0.39, 0.29) is 11.7 Å². The van der Waals surface area contributed by atoms with Crippen molar-refractivity contribution < 1.29 is 4.39 Å². The minimum absolute atomic E-state index is 0.273. The number of alkyl halides is 1. The highest BCUT2D eigenvalue weighted by Gasteiger charge is 2.14. The van der Waals surface area contributed by atoms with Gasteiger partial charge in [-0.3, -0.25) is 4.57 Å². The molecule has 2 aromatic carbocycles. The van der Waals surface area contributed by atoms with Crippen LogP contribution in [0.1, 0.15) is 18.3 Å². The third-order valence-corrected chi connectivity index (χ3v) is 4.20. The van der Waals surface area contributed by atoms with Crippen molar-refractivity contribution >= 4 is 38.6 Å². The number of benzene rings is 2. The number of aromatic nitrogens is 2. The minimum Gasteiger partial charge on any atom is -0.295 e. The zero-order valence-electron chi connectivity index (χ0n) is 11.4. The van der Waals surface area contributed by atoms with Crippen LogP contribution in [-0.2, 0) is 12.3 Å². The van der Waals surface area contributed by atoms with E-state index in [2.05, 4.69) is 33.9 Å². The summed E-state index contributed by atoms with van der Waals surface area (Å²) < 4.78 is 16.4. The maximum absolute atomic E-state index is 13.4. The van der Waals surface area contributed by atoms with Crippen molar-refractivity contribution in [1.29, 1.82) is 0 Å². The first-order chi connectivity index (χ1) is 10.1. The summed E-state index contributed by atoms with van der Waals surface area (Å²) in [5.41, 5.74) is 3.70. The van der Waals surface area contributed by atoms with Gasteiger partial charge in [0, 0.05) is 10.5 Å². The first-order valence-electron chi connectivity index (χ1n) is 6.65. The molecule has 0 amide bonds. The predicted molar refractivity (Wildman–Crippen MR) is 87.7 cm³/mol. The molecular weight excluding hydrogens is 355 g/mol. The van der Waals surface area contributed by atoms with Gasteiger partial charge in [0.05, 0.1) is 22.6 Å². The fourth-order valence-electron chi connectivity index (χ4n) is 2.52. The van der Waals surface area contributed by atoms with Crippen molar-refractivity contribution in [3.8, 4) is 5.69 Å². The van der Waals surface area contributed by atoms with Crippen LogP contribution >= 0.6 is 27.5 Å². The van der Waals surface area contributed by atoms with Gasteiger partial charge in [-0.2, -0.15) is 0 Å². The van der Waals surface area contributed by atoms with Crippen molar-refractivity contribution in [2.45, 2.75) is 19.2 Å². The molecule has 3 aromatic rings. The molecule has 0 saturated heterocycles. The summed E-state index contributed by atoms with van der Waals surface area (Å²) >= 11 is 9.53. The van der Waals surface area contributed by atoms with Gasteiger partial charge in [0.1, 0.15) is 11.6 Å². The normalized spacial score (nSPS) is 11.2. The summed E-state index contributed by atoms with van der Waals surface area (Å²) in [7, 11) is 0. The number of hydrogen-bond donors (Lipinski definition) is 0. The summed E-state index contributed by atoms with van der Waals surface area (Å²) in [6.45, 7) is 2.10. The van der Waals surface area contributed by atoms with Crippen molar-refractivity contribution in [2.24, 2.45) is 0 Å². The van der Waals surface area contributed by atoms with Crippen LogP contribution < -0.4 is 0 Å². The molecule has 0 aliphatic rings. The second-order valence-electron chi connectivity index (χ2n) is 4.76. The fraction of sp³-hybridized carbons (Fsp3) is 0.188. The Morgan fingerprint density at radius 3 is 2.76 bits per heavy atom. The Morgan fingerprint density at radius 2 is 2.05 bits per heavy atom. The molecule has 0 atom stereocenters. The summed E-state index contributed by atoms with van der Waals surface area (Å²) in [6, 6.07) is 10.7. The molecule has 5 heteroatoms. The smallest absolute Gasteiger partial charge is 0.129 e. The molecule has 0 aliphatic carbocycles. The second-order valence-corrected chi connectivity index (χ2v) is 5.94. The molecule has 1 aromatic heterocycles. The molecule has 0 N–H and O–H groups in total. The topological polar surface area (TPSA) is 17.8 Å². The highest BCUT2D eigenvalue weighted by molar-refractivity contribution is 9.10. The van der Waals surface area contributed by atoms with Crippen LogP contribution in [0, 0.1) is 5.82 Å². The quantitative estimate of drug-likeness (QED) is 0.580. The lowest BCUT2D eigenvalue weighted by Crippen LogP contribution is -2.03. The average Bonchev–Trinajstić information content (AvgIpc) is 2.84. The third kappa shape index (κ3) is 2.58. The Bertz CT molecular complexity index is 813. The summed E-state index contributed by atoms with van der Waals surface area (Å²) in [5.74, 6) is 0.698. The van der Waals surface area contributed by atoms with Crippen molar-refractivity contribution in [1.82, 2.24) is 9.55 Å². The molecule has 0 fully saturated rings. The Morgan fingerprint density at radius 1 is 1.24 bits per heavy atom. The van der Waals surface area contributed by atoms with E-state index in [9.17, 15) is 4.39 Å². The lowest BCUT2D eigenvalue weighted by molar-refractivity contribution is 0.629. The highest BCUT2D eigenvalue weighted by Crippen LogP contribution is 2.27. The lowest BCUT2D eigenvalue weighted by atomic mass is 10.1. The maximum atomic E-state index is 13.4. The van der Waals surface area contributed by atoms with E-state index < -0.39 is 0 Å². The van der Waals surface area contributed by atoms with E-state index in [4.69, 9.17) is 11.6 Å². The van der Waals surface area contributed by atoms with Crippen LogP contribution in [0.2, 0.25) is 0 Å². The summed E-state index contributed by atoms with van der Waals surface area (Å²) in [4.78, 5) is 4.45. The molecule has 0 radical (unpaired) electrons. The van der Waals surface area contributed by atoms with E-state index in [1.165, 1.54) is 17.7 Å². The van der Waals surface area contributed by atoms with Crippen molar-refractivity contribution in [3.63, 3.8) is 0 Å². The van der Waals surface area contributed by atoms with Crippen molar-refractivity contribution in [3.05, 3.63) is 58.1 Å². The molecule has 1 heterocycles. The van der Waals surface area contributed by atoms with Gasteiger partial charge in [-0.15, -0.1) is 11.6 Å². The Hall–Kier alpha value is -1.39. The zero-order valence-corrected chi connectivity index (χ0v) is 13.7. The van der Waals surface area contributed by atoms with E-state index in [0.717, 1.165) is 22.1 Å². The number of aryl methyl sites for hydroxylation is 1. The number of imidazole rings is 1. The third-order valence-electron chi connectivity index (χ3n) is 3.47. The zero-order chi connectivity index (χ0) is 15.0. The van der Waals surface area contributed by atoms with Gasteiger partial charge in [-0.05, 0) is 42.3 Å².